The minimum Gasteiger partial charge on any atom is -0.481 e. The Hall–Kier alpha value is -1.34. The van der Waals surface area contributed by atoms with Crippen molar-refractivity contribution in [2.45, 2.75) is 32.3 Å². The number of rotatable bonds is 3. The number of carboxylic acids is 1. The summed E-state index contributed by atoms with van der Waals surface area (Å²) in [7, 11) is 0. The van der Waals surface area contributed by atoms with Crippen molar-refractivity contribution in [2.24, 2.45) is 11.3 Å². The number of carbonyl (C=O) groups is 2. The van der Waals surface area contributed by atoms with Crippen molar-refractivity contribution in [1.29, 1.82) is 0 Å². The summed E-state index contributed by atoms with van der Waals surface area (Å²) in [6.07, 6.45) is 1.03. The maximum absolute atomic E-state index is 12.2. The van der Waals surface area contributed by atoms with Gasteiger partial charge in [0.1, 0.15) is 0 Å². The number of carboxylic acid groups (broad SMARTS) is 1. The van der Waals surface area contributed by atoms with Crippen molar-refractivity contribution in [2.75, 3.05) is 32.8 Å². The molecule has 2 unspecified atom stereocenters. The molecule has 2 heterocycles. The average Bonchev–Trinajstić information content (AvgIpc) is 2.48. The Morgan fingerprint density at radius 3 is 2.62 bits per heavy atom. The van der Waals surface area contributed by atoms with Gasteiger partial charge in [0.15, 0.2) is 0 Å². The highest BCUT2D eigenvalue weighted by molar-refractivity contribution is 5.78. The van der Waals surface area contributed by atoms with Gasteiger partial charge in [0.05, 0.1) is 11.5 Å². The molecule has 0 aromatic carbocycles. The van der Waals surface area contributed by atoms with Crippen LogP contribution in [0.25, 0.3) is 0 Å². The van der Waals surface area contributed by atoms with E-state index in [0.717, 1.165) is 0 Å². The molecule has 0 aromatic heterocycles. The Balaban J connectivity index is 1.89. The molecule has 2 atom stereocenters. The Kier molecular flexibility index (Phi) is 5.05. The van der Waals surface area contributed by atoms with Crippen LogP contribution in [0.15, 0.2) is 0 Å². The molecular formula is C14H24N2O5. The number of nitrogens with zero attached hydrogens (tertiary/aromatic N) is 1. The van der Waals surface area contributed by atoms with Crippen molar-refractivity contribution in [3.05, 3.63) is 0 Å². The third-order valence-electron chi connectivity index (χ3n) is 4.63. The van der Waals surface area contributed by atoms with E-state index in [9.17, 15) is 19.8 Å². The summed E-state index contributed by atoms with van der Waals surface area (Å²) >= 11 is 0. The first-order chi connectivity index (χ1) is 9.94. The smallest absolute Gasteiger partial charge is 0.317 e. The third kappa shape index (κ3) is 3.65. The topological polar surface area (TPSA) is 99.1 Å². The van der Waals surface area contributed by atoms with Gasteiger partial charge in [-0.25, -0.2) is 4.79 Å². The molecule has 0 spiro atoms. The fourth-order valence-corrected chi connectivity index (χ4v) is 2.90. The number of aliphatic hydroxyl groups is 1. The number of amides is 2. The number of hydrogen-bond donors (Lipinski definition) is 3. The number of ether oxygens (including phenoxy) is 1. The van der Waals surface area contributed by atoms with Crippen LogP contribution in [0.5, 0.6) is 0 Å². The average molecular weight is 300 g/mol. The van der Waals surface area contributed by atoms with Gasteiger partial charge in [-0.15, -0.1) is 0 Å². The van der Waals surface area contributed by atoms with Crippen LogP contribution < -0.4 is 5.32 Å². The number of carbonyl (C=O) groups excluding carboxylic acids is 1. The Labute approximate surface area is 124 Å². The van der Waals surface area contributed by atoms with Gasteiger partial charge in [0.25, 0.3) is 0 Å². The molecule has 7 heteroatoms. The van der Waals surface area contributed by atoms with Gasteiger partial charge in [0, 0.05) is 32.8 Å². The summed E-state index contributed by atoms with van der Waals surface area (Å²) in [5, 5.41) is 21.9. The van der Waals surface area contributed by atoms with E-state index in [2.05, 4.69) is 5.32 Å². The van der Waals surface area contributed by atoms with Gasteiger partial charge in [-0.05, 0) is 25.2 Å². The second kappa shape index (κ2) is 6.62. The summed E-state index contributed by atoms with van der Waals surface area (Å²) in [6, 6.07) is -0.249. The molecule has 21 heavy (non-hydrogen) atoms. The number of piperidine rings is 1. The first-order valence-corrected chi connectivity index (χ1v) is 7.46. The van der Waals surface area contributed by atoms with Crippen molar-refractivity contribution < 1.29 is 24.5 Å². The SMILES string of the molecule is CC1CN(C(=O)NCC2(C(=O)O)CCOCC2)CCC1O. The van der Waals surface area contributed by atoms with E-state index in [4.69, 9.17) is 4.74 Å². The molecule has 0 radical (unpaired) electrons. The number of likely N-dealkylation sites (tertiary alicyclic amines) is 1. The predicted octanol–water partition coefficient (Wildman–Crippen LogP) is 0.280. The van der Waals surface area contributed by atoms with Crippen LogP contribution in [0.1, 0.15) is 26.2 Å². The first-order valence-electron chi connectivity index (χ1n) is 7.46. The number of nitrogens with one attached hydrogen (secondary N) is 1. The molecule has 2 amide bonds. The number of hydrogen-bond acceptors (Lipinski definition) is 4. The van der Waals surface area contributed by atoms with Crippen molar-refractivity contribution in [1.82, 2.24) is 10.2 Å². The van der Waals surface area contributed by atoms with Gasteiger partial charge in [-0.2, -0.15) is 0 Å². The van der Waals surface area contributed by atoms with E-state index in [1.54, 1.807) is 4.90 Å². The number of urea groups is 1. The molecular weight excluding hydrogens is 276 g/mol. The maximum atomic E-state index is 12.2. The van der Waals surface area contributed by atoms with Gasteiger partial charge >= 0.3 is 12.0 Å². The predicted molar refractivity (Wildman–Crippen MR) is 74.9 cm³/mol. The van der Waals surface area contributed by atoms with Crippen LogP contribution >= 0.6 is 0 Å². The first kappa shape index (κ1) is 16.0. The molecule has 0 saturated carbocycles. The van der Waals surface area contributed by atoms with E-state index >= 15 is 0 Å². The monoisotopic (exact) mass is 300 g/mol. The minimum atomic E-state index is -0.922. The molecule has 7 nitrogen and oxygen atoms in total. The molecule has 2 saturated heterocycles. The fourth-order valence-electron chi connectivity index (χ4n) is 2.90. The maximum Gasteiger partial charge on any atom is 0.317 e. The Morgan fingerprint density at radius 2 is 2.05 bits per heavy atom. The molecule has 2 aliphatic heterocycles. The summed E-state index contributed by atoms with van der Waals surface area (Å²) in [4.78, 5) is 25.3. The zero-order chi connectivity index (χ0) is 15.5. The van der Waals surface area contributed by atoms with Crippen LogP contribution in [0, 0.1) is 11.3 Å². The molecule has 3 N–H and O–H groups in total. The Morgan fingerprint density at radius 1 is 1.38 bits per heavy atom. The summed E-state index contributed by atoms with van der Waals surface area (Å²) in [5.74, 6) is -0.838. The van der Waals surface area contributed by atoms with Crippen LogP contribution in [-0.4, -0.2) is 66.1 Å². The molecule has 120 valence electrons. The summed E-state index contributed by atoms with van der Waals surface area (Å²) in [5.41, 5.74) is -0.922. The highest BCUT2D eigenvalue weighted by atomic mass is 16.5. The highest BCUT2D eigenvalue weighted by Gasteiger charge is 2.41. The lowest BCUT2D eigenvalue weighted by Crippen LogP contribution is -2.53. The van der Waals surface area contributed by atoms with Crippen LogP contribution in [0.2, 0.25) is 0 Å². The van der Waals surface area contributed by atoms with E-state index in [1.165, 1.54) is 0 Å². The van der Waals surface area contributed by atoms with Crippen LogP contribution in [0.4, 0.5) is 4.79 Å². The largest absolute Gasteiger partial charge is 0.481 e. The van der Waals surface area contributed by atoms with Crippen molar-refractivity contribution >= 4 is 12.0 Å². The van der Waals surface area contributed by atoms with Crippen LogP contribution in [-0.2, 0) is 9.53 Å². The van der Waals surface area contributed by atoms with Gasteiger partial charge in [0.2, 0.25) is 0 Å². The van der Waals surface area contributed by atoms with E-state index in [1.807, 2.05) is 6.92 Å². The van der Waals surface area contributed by atoms with E-state index in [-0.39, 0.29) is 24.6 Å². The van der Waals surface area contributed by atoms with E-state index < -0.39 is 11.4 Å². The second-order valence-corrected chi connectivity index (χ2v) is 6.14. The highest BCUT2D eigenvalue weighted by Crippen LogP contribution is 2.30. The van der Waals surface area contributed by atoms with Gasteiger partial charge in [-0.3, -0.25) is 4.79 Å². The van der Waals surface area contributed by atoms with Gasteiger partial charge < -0.3 is 25.2 Å². The normalized spacial score (nSPS) is 29.0. The number of aliphatic hydroxyl groups excluding tert-OH is 1. The molecule has 2 aliphatic rings. The Bertz CT molecular complexity index is 395. The minimum absolute atomic E-state index is 0.0426. The zero-order valence-electron chi connectivity index (χ0n) is 12.4. The van der Waals surface area contributed by atoms with Crippen molar-refractivity contribution in [3.63, 3.8) is 0 Å². The summed E-state index contributed by atoms with van der Waals surface area (Å²) < 4.78 is 5.21. The third-order valence-corrected chi connectivity index (χ3v) is 4.63. The van der Waals surface area contributed by atoms with Crippen LogP contribution in [0.3, 0.4) is 0 Å². The molecule has 0 aromatic rings. The standard InChI is InChI=1S/C14H24N2O5/c1-10-8-16(5-2-11(10)17)13(20)15-9-14(12(18)19)3-6-21-7-4-14/h10-11,17H,2-9H2,1H3,(H,15,20)(H,18,19). The molecule has 0 bridgehead atoms. The zero-order valence-corrected chi connectivity index (χ0v) is 12.4. The van der Waals surface area contributed by atoms with E-state index in [0.29, 0.717) is 45.6 Å². The van der Waals surface area contributed by atoms with Gasteiger partial charge in [-0.1, -0.05) is 6.92 Å². The molecule has 2 fully saturated rings. The second-order valence-electron chi connectivity index (χ2n) is 6.14. The van der Waals surface area contributed by atoms with Crippen molar-refractivity contribution in [3.8, 4) is 0 Å². The molecule has 0 aliphatic carbocycles. The summed E-state index contributed by atoms with van der Waals surface area (Å²) in [6.45, 7) is 3.85. The lowest BCUT2D eigenvalue weighted by atomic mass is 9.80. The molecule has 2 rings (SSSR count). The number of aliphatic carboxylic acids is 1. The fraction of sp³-hybridized carbons (Fsp3) is 0.857. The quantitative estimate of drug-likeness (QED) is 0.695. The lowest BCUT2D eigenvalue weighted by molar-refractivity contribution is -0.154. The lowest BCUT2D eigenvalue weighted by Gasteiger charge is -2.36.